The topological polar surface area (TPSA) is 58.6 Å². The summed E-state index contributed by atoms with van der Waals surface area (Å²) in [5, 5.41) is 11.3. The average Bonchev–Trinajstić information content (AvgIpc) is 2.24. The lowest BCUT2D eigenvalue weighted by Crippen LogP contribution is -2.11. The van der Waals surface area contributed by atoms with Gasteiger partial charge >= 0.3 is 0 Å². The number of hydrogen-bond donors (Lipinski definition) is 2. The molecule has 82 valence electrons. The summed E-state index contributed by atoms with van der Waals surface area (Å²) in [6.45, 7) is 0. The summed E-state index contributed by atoms with van der Waals surface area (Å²) in [7, 11) is 0. The summed E-state index contributed by atoms with van der Waals surface area (Å²) < 4.78 is 1.09. The van der Waals surface area contributed by atoms with E-state index in [1.807, 2.05) is 12.1 Å². The van der Waals surface area contributed by atoms with E-state index >= 15 is 0 Å². The lowest BCUT2D eigenvalue weighted by molar-refractivity contribution is 0.317. The van der Waals surface area contributed by atoms with Crippen LogP contribution in [0.5, 0.6) is 0 Å². The number of benzene rings is 1. The molecule has 0 unspecified atom stereocenters. The smallest absolute Gasteiger partial charge is 0.139 e. The van der Waals surface area contributed by atoms with Crippen molar-refractivity contribution in [3.63, 3.8) is 0 Å². The van der Waals surface area contributed by atoms with Gasteiger partial charge in [-0.15, -0.1) is 11.8 Å². The van der Waals surface area contributed by atoms with Gasteiger partial charge in [0.05, 0.1) is 0 Å². The van der Waals surface area contributed by atoms with Gasteiger partial charge < -0.3 is 10.9 Å². The molecular weight excluding hydrogens is 276 g/mol. The molecule has 1 aromatic rings. The maximum absolute atomic E-state index is 8.34. The standard InChI is InChI=1S/C10H13BrN2OS/c11-8-3-1-4-9(7-8)15-6-2-5-10(12)13-14/h1,3-4,7,14H,2,5-6H2,(H2,12,13). The first-order valence-corrected chi connectivity index (χ1v) is 6.35. The Bertz CT molecular complexity index is 344. The van der Waals surface area contributed by atoms with Crippen LogP contribution in [0.2, 0.25) is 0 Å². The molecule has 0 heterocycles. The Balaban J connectivity index is 2.26. The van der Waals surface area contributed by atoms with E-state index in [9.17, 15) is 0 Å². The molecular formula is C10H13BrN2OS. The fourth-order valence-electron chi connectivity index (χ4n) is 1.05. The molecule has 0 amide bonds. The molecule has 15 heavy (non-hydrogen) atoms. The van der Waals surface area contributed by atoms with E-state index < -0.39 is 0 Å². The van der Waals surface area contributed by atoms with E-state index in [4.69, 9.17) is 10.9 Å². The minimum atomic E-state index is 0.296. The van der Waals surface area contributed by atoms with Gasteiger partial charge in [-0.25, -0.2) is 0 Å². The van der Waals surface area contributed by atoms with Gasteiger partial charge in [-0.3, -0.25) is 0 Å². The van der Waals surface area contributed by atoms with E-state index in [0.717, 1.165) is 16.6 Å². The van der Waals surface area contributed by atoms with Gasteiger partial charge in [-0.1, -0.05) is 27.2 Å². The molecule has 3 nitrogen and oxygen atoms in total. The maximum Gasteiger partial charge on any atom is 0.139 e. The second-order valence-electron chi connectivity index (χ2n) is 3.00. The van der Waals surface area contributed by atoms with Gasteiger partial charge in [-0.2, -0.15) is 0 Å². The van der Waals surface area contributed by atoms with Crippen LogP contribution in [0.4, 0.5) is 0 Å². The Morgan fingerprint density at radius 2 is 2.33 bits per heavy atom. The molecule has 0 aliphatic heterocycles. The largest absolute Gasteiger partial charge is 0.409 e. The Morgan fingerprint density at radius 1 is 1.53 bits per heavy atom. The van der Waals surface area contributed by atoms with Crippen LogP contribution in [-0.2, 0) is 0 Å². The van der Waals surface area contributed by atoms with Crippen molar-refractivity contribution < 1.29 is 5.21 Å². The number of halogens is 1. The Morgan fingerprint density at radius 3 is 3.00 bits per heavy atom. The van der Waals surface area contributed by atoms with Crippen LogP contribution in [0.1, 0.15) is 12.8 Å². The molecule has 5 heteroatoms. The average molecular weight is 289 g/mol. The summed E-state index contributed by atoms with van der Waals surface area (Å²) in [5.41, 5.74) is 5.36. The highest BCUT2D eigenvalue weighted by Crippen LogP contribution is 2.22. The number of thioether (sulfide) groups is 1. The number of rotatable bonds is 5. The van der Waals surface area contributed by atoms with Crippen LogP contribution < -0.4 is 5.73 Å². The highest BCUT2D eigenvalue weighted by Gasteiger charge is 1.97. The van der Waals surface area contributed by atoms with Crippen LogP contribution in [-0.4, -0.2) is 16.8 Å². The number of amidine groups is 1. The van der Waals surface area contributed by atoms with Gasteiger partial charge in [0.25, 0.3) is 0 Å². The first kappa shape index (κ1) is 12.4. The van der Waals surface area contributed by atoms with E-state index in [1.54, 1.807) is 11.8 Å². The van der Waals surface area contributed by atoms with E-state index in [-0.39, 0.29) is 0 Å². The molecule has 3 N–H and O–H groups in total. The molecule has 0 aliphatic carbocycles. The van der Waals surface area contributed by atoms with Crippen LogP contribution in [0.3, 0.4) is 0 Å². The minimum absolute atomic E-state index is 0.296. The molecule has 0 aliphatic rings. The Hall–Kier alpha value is -0.680. The molecule has 0 aromatic heterocycles. The molecule has 1 aromatic carbocycles. The zero-order valence-corrected chi connectivity index (χ0v) is 10.6. The third-order valence-corrected chi connectivity index (χ3v) is 3.34. The van der Waals surface area contributed by atoms with Crippen molar-refractivity contribution in [2.24, 2.45) is 10.9 Å². The summed E-state index contributed by atoms with van der Waals surface area (Å²) in [6.07, 6.45) is 1.55. The summed E-state index contributed by atoms with van der Waals surface area (Å²) in [5.74, 6) is 1.26. The highest BCUT2D eigenvalue weighted by molar-refractivity contribution is 9.10. The third kappa shape index (κ3) is 5.09. The van der Waals surface area contributed by atoms with Crippen LogP contribution in [0, 0.1) is 0 Å². The van der Waals surface area contributed by atoms with Gasteiger partial charge in [0.1, 0.15) is 5.84 Å². The van der Waals surface area contributed by atoms with Crippen molar-refractivity contribution in [2.75, 3.05) is 5.75 Å². The second kappa shape index (κ2) is 6.74. The zero-order valence-electron chi connectivity index (χ0n) is 8.19. The summed E-state index contributed by atoms with van der Waals surface area (Å²) >= 11 is 5.18. The first-order valence-electron chi connectivity index (χ1n) is 4.57. The molecule has 0 saturated heterocycles. The highest BCUT2D eigenvalue weighted by atomic mass is 79.9. The fourth-order valence-corrected chi connectivity index (χ4v) is 2.51. The normalized spacial score (nSPS) is 11.7. The Kier molecular flexibility index (Phi) is 5.57. The first-order chi connectivity index (χ1) is 7.22. The molecule has 0 saturated carbocycles. The fraction of sp³-hybridized carbons (Fsp3) is 0.300. The maximum atomic E-state index is 8.34. The van der Waals surface area contributed by atoms with Crippen molar-refractivity contribution in [2.45, 2.75) is 17.7 Å². The monoisotopic (exact) mass is 288 g/mol. The van der Waals surface area contributed by atoms with Crippen LogP contribution >= 0.6 is 27.7 Å². The van der Waals surface area contributed by atoms with Gasteiger partial charge in [0.15, 0.2) is 0 Å². The molecule has 1 rings (SSSR count). The minimum Gasteiger partial charge on any atom is -0.409 e. The van der Waals surface area contributed by atoms with E-state index in [0.29, 0.717) is 12.3 Å². The van der Waals surface area contributed by atoms with Crippen LogP contribution in [0.15, 0.2) is 38.8 Å². The number of nitrogens with zero attached hydrogens (tertiary/aromatic N) is 1. The summed E-state index contributed by atoms with van der Waals surface area (Å²) in [4.78, 5) is 1.23. The zero-order chi connectivity index (χ0) is 11.1. The lowest BCUT2D eigenvalue weighted by Gasteiger charge is -2.01. The molecule has 0 bridgehead atoms. The molecule has 0 spiro atoms. The molecule has 0 atom stereocenters. The van der Waals surface area contributed by atoms with Gasteiger partial charge in [0.2, 0.25) is 0 Å². The Labute approximate surface area is 102 Å². The predicted octanol–water partition coefficient (Wildman–Crippen LogP) is 3.07. The third-order valence-electron chi connectivity index (χ3n) is 1.77. The van der Waals surface area contributed by atoms with Crippen molar-refractivity contribution in [1.29, 1.82) is 0 Å². The summed E-state index contributed by atoms with van der Waals surface area (Å²) in [6, 6.07) is 8.16. The SMILES string of the molecule is NC(CCCSc1cccc(Br)c1)=NO. The number of hydrogen-bond acceptors (Lipinski definition) is 3. The molecule has 0 radical (unpaired) electrons. The predicted molar refractivity (Wildman–Crippen MR) is 67.5 cm³/mol. The lowest BCUT2D eigenvalue weighted by atomic mass is 10.3. The van der Waals surface area contributed by atoms with Crippen molar-refractivity contribution >= 4 is 33.5 Å². The number of nitrogens with two attached hydrogens (primary N) is 1. The van der Waals surface area contributed by atoms with Crippen molar-refractivity contribution in [3.8, 4) is 0 Å². The van der Waals surface area contributed by atoms with E-state index in [1.165, 1.54) is 4.90 Å². The number of oxime groups is 1. The van der Waals surface area contributed by atoms with Gasteiger partial charge in [-0.05, 0) is 30.4 Å². The quantitative estimate of drug-likeness (QED) is 0.219. The van der Waals surface area contributed by atoms with Gasteiger partial charge in [0, 0.05) is 15.8 Å². The van der Waals surface area contributed by atoms with Crippen molar-refractivity contribution in [1.82, 2.24) is 0 Å². The molecule has 0 fully saturated rings. The van der Waals surface area contributed by atoms with E-state index in [2.05, 4.69) is 33.2 Å². The van der Waals surface area contributed by atoms with Crippen molar-refractivity contribution in [3.05, 3.63) is 28.7 Å². The second-order valence-corrected chi connectivity index (χ2v) is 5.08. The van der Waals surface area contributed by atoms with Crippen LogP contribution in [0.25, 0.3) is 0 Å².